The molecule has 0 saturated heterocycles. The molecule has 0 N–H and O–H groups in total. The van der Waals surface area contributed by atoms with E-state index >= 15 is 0 Å². The highest BCUT2D eigenvalue weighted by atomic mass is 13.9. The van der Waals surface area contributed by atoms with Crippen molar-refractivity contribution in [1.82, 2.24) is 0 Å². The minimum absolute atomic E-state index is 1.01. The standard InChI is InChI=1S/C14H18/c1-2-4-6-8-10-12-14-13-11-9-7-5-3-1/h1-6,9,11,13-14H,7-8,10,12H2/b2-1?,5-3-,6-4?,11-9+,14-13+. The number of hydrogen-bond donors (Lipinski definition) is 0. The van der Waals surface area contributed by atoms with Crippen LogP contribution in [0.5, 0.6) is 0 Å². The molecule has 0 saturated carbocycles. The second-order valence-corrected chi connectivity index (χ2v) is 3.26. The van der Waals surface area contributed by atoms with Gasteiger partial charge in [0.15, 0.2) is 0 Å². The highest BCUT2D eigenvalue weighted by molar-refractivity contribution is 5.13. The SMILES string of the molecule is C1=C/C=C\C/C=C/C=C/CCCC=C1. The van der Waals surface area contributed by atoms with Gasteiger partial charge in [0.1, 0.15) is 0 Å². The van der Waals surface area contributed by atoms with Crippen molar-refractivity contribution in [3.8, 4) is 0 Å². The Morgan fingerprint density at radius 3 is 1.71 bits per heavy atom. The Balaban J connectivity index is 2.45. The van der Waals surface area contributed by atoms with Gasteiger partial charge in [0.2, 0.25) is 0 Å². The monoisotopic (exact) mass is 186 g/mol. The average molecular weight is 186 g/mol. The molecule has 0 aromatic rings. The summed E-state index contributed by atoms with van der Waals surface area (Å²) >= 11 is 0. The van der Waals surface area contributed by atoms with Crippen molar-refractivity contribution in [2.75, 3.05) is 0 Å². The van der Waals surface area contributed by atoms with Crippen LogP contribution in [0.3, 0.4) is 0 Å². The summed E-state index contributed by atoms with van der Waals surface area (Å²) < 4.78 is 0. The van der Waals surface area contributed by atoms with Crippen molar-refractivity contribution >= 4 is 0 Å². The fourth-order valence-corrected chi connectivity index (χ4v) is 1.22. The molecule has 0 aromatic heterocycles. The summed E-state index contributed by atoms with van der Waals surface area (Å²) in [5, 5.41) is 0. The molecule has 0 fully saturated rings. The lowest BCUT2D eigenvalue weighted by molar-refractivity contribution is 0.868. The molecule has 0 unspecified atom stereocenters. The van der Waals surface area contributed by atoms with Crippen molar-refractivity contribution in [3.63, 3.8) is 0 Å². The summed E-state index contributed by atoms with van der Waals surface area (Å²) in [4.78, 5) is 0. The summed E-state index contributed by atoms with van der Waals surface area (Å²) in [6, 6.07) is 0. The smallest absolute Gasteiger partial charge is 0.0163 e. The summed E-state index contributed by atoms with van der Waals surface area (Å²) in [6.07, 6.45) is 26.0. The van der Waals surface area contributed by atoms with E-state index in [2.05, 4.69) is 60.8 Å². The molecule has 0 aliphatic heterocycles. The van der Waals surface area contributed by atoms with Crippen LogP contribution in [0.1, 0.15) is 25.7 Å². The Bertz CT molecular complexity index is 262. The normalized spacial score (nSPS) is 25.1. The topological polar surface area (TPSA) is 0 Å². The zero-order chi connectivity index (χ0) is 9.90. The first-order chi connectivity index (χ1) is 7.00. The molecule has 0 heterocycles. The van der Waals surface area contributed by atoms with Gasteiger partial charge in [-0.1, -0.05) is 60.8 Å². The van der Waals surface area contributed by atoms with E-state index in [1.807, 2.05) is 0 Å². The molecule has 0 amide bonds. The summed E-state index contributed by atoms with van der Waals surface area (Å²) in [7, 11) is 0. The van der Waals surface area contributed by atoms with Crippen LogP contribution in [0.2, 0.25) is 0 Å². The zero-order valence-corrected chi connectivity index (χ0v) is 8.60. The molecule has 1 rings (SSSR count). The predicted molar refractivity (Wildman–Crippen MR) is 64.2 cm³/mol. The van der Waals surface area contributed by atoms with Gasteiger partial charge < -0.3 is 0 Å². The van der Waals surface area contributed by atoms with Gasteiger partial charge in [-0.25, -0.2) is 0 Å². The highest BCUT2D eigenvalue weighted by Gasteiger charge is 1.79. The lowest BCUT2D eigenvalue weighted by atomic mass is 10.2. The van der Waals surface area contributed by atoms with E-state index in [9.17, 15) is 0 Å². The van der Waals surface area contributed by atoms with E-state index < -0.39 is 0 Å². The van der Waals surface area contributed by atoms with Gasteiger partial charge in [0.05, 0.1) is 0 Å². The Morgan fingerprint density at radius 2 is 1.00 bits per heavy atom. The first-order valence-corrected chi connectivity index (χ1v) is 5.30. The molecule has 0 nitrogen and oxygen atoms in total. The lowest BCUT2D eigenvalue weighted by Crippen LogP contribution is -1.68. The molecule has 74 valence electrons. The van der Waals surface area contributed by atoms with E-state index in [0.717, 1.165) is 6.42 Å². The third kappa shape index (κ3) is 6.24. The summed E-state index contributed by atoms with van der Waals surface area (Å²) in [5.41, 5.74) is 0. The van der Waals surface area contributed by atoms with Gasteiger partial charge in [-0.3, -0.25) is 0 Å². The van der Waals surface area contributed by atoms with Crippen LogP contribution in [0.15, 0.2) is 60.8 Å². The molecule has 0 spiro atoms. The fourth-order valence-electron chi connectivity index (χ4n) is 1.22. The number of hydrogen-bond acceptors (Lipinski definition) is 0. The maximum atomic E-state index is 2.23. The van der Waals surface area contributed by atoms with Crippen molar-refractivity contribution < 1.29 is 0 Å². The summed E-state index contributed by atoms with van der Waals surface area (Å²) in [6.45, 7) is 0. The molecule has 1 aliphatic carbocycles. The van der Waals surface area contributed by atoms with Crippen molar-refractivity contribution in [3.05, 3.63) is 60.8 Å². The maximum absolute atomic E-state index is 2.23. The quantitative estimate of drug-likeness (QED) is 0.528. The van der Waals surface area contributed by atoms with E-state index in [0.29, 0.717) is 0 Å². The fraction of sp³-hybridized carbons (Fsp3) is 0.286. The second kappa shape index (κ2) is 8.31. The van der Waals surface area contributed by atoms with E-state index in [1.54, 1.807) is 0 Å². The molecular weight excluding hydrogens is 168 g/mol. The Kier molecular flexibility index (Phi) is 6.39. The van der Waals surface area contributed by atoms with E-state index in [-0.39, 0.29) is 0 Å². The summed E-state index contributed by atoms with van der Waals surface area (Å²) in [5.74, 6) is 0. The van der Waals surface area contributed by atoms with E-state index in [4.69, 9.17) is 0 Å². The molecule has 0 bridgehead atoms. The molecule has 0 heteroatoms. The van der Waals surface area contributed by atoms with Crippen LogP contribution < -0.4 is 0 Å². The minimum atomic E-state index is 1.01. The largest absolute Gasteiger partial charge is 0.0845 e. The van der Waals surface area contributed by atoms with Gasteiger partial charge in [-0.15, -0.1) is 0 Å². The highest BCUT2D eigenvalue weighted by Crippen LogP contribution is 1.99. The van der Waals surface area contributed by atoms with Crippen LogP contribution in [0.25, 0.3) is 0 Å². The minimum Gasteiger partial charge on any atom is -0.0845 e. The van der Waals surface area contributed by atoms with Gasteiger partial charge in [0, 0.05) is 0 Å². The van der Waals surface area contributed by atoms with Crippen LogP contribution in [-0.4, -0.2) is 0 Å². The molecule has 0 aromatic carbocycles. The number of allylic oxidation sites excluding steroid dienone is 10. The maximum Gasteiger partial charge on any atom is -0.0163 e. The first-order valence-electron chi connectivity index (χ1n) is 5.30. The van der Waals surface area contributed by atoms with Crippen LogP contribution in [0.4, 0.5) is 0 Å². The molecule has 0 radical (unpaired) electrons. The first kappa shape index (κ1) is 10.8. The van der Waals surface area contributed by atoms with Gasteiger partial charge in [-0.05, 0) is 25.7 Å². The van der Waals surface area contributed by atoms with E-state index in [1.165, 1.54) is 19.3 Å². The van der Waals surface area contributed by atoms with Crippen molar-refractivity contribution in [2.45, 2.75) is 25.7 Å². The molecular formula is C14H18. The number of rotatable bonds is 0. The van der Waals surface area contributed by atoms with Crippen LogP contribution in [0, 0.1) is 0 Å². The van der Waals surface area contributed by atoms with Crippen molar-refractivity contribution in [1.29, 1.82) is 0 Å². The zero-order valence-electron chi connectivity index (χ0n) is 8.60. The van der Waals surface area contributed by atoms with Gasteiger partial charge in [-0.2, -0.15) is 0 Å². The Morgan fingerprint density at radius 1 is 0.500 bits per heavy atom. The average Bonchev–Trinajstić information content (AvgIpc) is 2.22. The molecule has 0 atom stereocenters. The Labute approximate surface area is 87.0 Å². The third-order valence-corrected chi connectivity index (χ3v) is 2.00. The molecule has 1 aliphatic rings. The lowest BCUT2D eigenvalue weighted by Gasteiger charge is -1.89. The van der Waals surface area contributed by atoms with Crippen molar-refractivity contribution in [2.24, 2.45) is 0 Å². The van der Waals surface area contributed by atoms with Crippen LogP contribution in [-0.2, 0) is 0 Å². The second-order valence-electron chi connectivity index (χ2n) is 3.26. The van der Waals surface area contributed by atoms with Gasteiger partial charge >= 0.3 is 0 Å². The Hall–Kier alpha value is -1.30. The molecule has 14 heavy (non-hydrogen) atoms. The van der Waals surface area contributed by atoms with Crippen LogP contribution >= 0.6 is 0 Å². The third-order valence-electron chi connectivity index (χ3n) is 2.00. The van der Waals surface area contributed by atoms with Gasteiger partial charge in [0.25, 0.3) is 0 Å². The predicted octanol–water partition coefficient (Wildman–Crippen LogP) is 4.34.